The van der Waals surface area contributed by atoms with Crippen LogP contribution in [0.3, 0.4) is 0 Å². The Bertz CT molecular complexity index is 774. The summed E-state index contributed by atoms with van der Waals surface area (Å²) in [6.07, 6.45) is 0.633. The molecule has 0 unspecified atom stereocenters. The maximum absolute atomic E-state index is 13.1. The summed E-state index contributed by atoms with van der Waals surface area (Å²) in [6, 6.07) is 5.87. The maximum Gasteiger partial charge on any atom is 0.329 e. The molecule has 1 aromatic rings. The lowest BCUT2D eigenvalue weighted by atomic mass is 10.1. The first kappa shape index (κ1) is 20.4. The Morgan fingerprint density at radius 2 is 1.85 bits per heavy atom. The molecule has 1 saturated heterocycles. The molecule has 0 radical (unpaired) electrons. The molecule has 1 fully saturated rings. The van der Waals surface area contributed by atoms with Crippen molar-refractivity contribution in [1.82, 2.24) is 4.90 Å². The van der Waals surface area contributed by atoms with Crippen LogP contribution in [-0.4, -0.2) is 47.7 Å². The van der Waals surface area contributed by atoms with E-state index in [1.807, 2.05) is 0 Å². The topological polar surface area (TPSA) is 80.8 Å². The number of hydrogen-bond acceptors (Lipinski definition) is 5. The highest BCUT2D eigenvalue weighted by Gasteiger charge is 2.43. The van der Waals surface area contributed by atoms with Crippen molar-refractivity contribution in [2.45, 2.75) is 51.4 Å². The minimum Gasteiger partial charge on any atom is -0.458 e. The van der Waals surface area contributed by atoms with E-state index in [4.69, 9.17) is 4.74 Å². The van der Waals surface area contributed by atoms with E-state index in [1.165, 1.54) is 0 Å². The van der Waals surface area contributed by atoms with E-state index in [-0.39, 0.29) is 19.0 Å². The van der Waals surface area contributed by atoms with Gasteiger partial charge in [0.25, 0.3) is 5.91 Å². The van der Waals surface area contributed by atoms with Crippen LogP contribution >= 0.6 is 7.14 Å². The van der Waals surface area contributed by atoms with Crippen LogP contribution in [0.2, 0.25) is 0 Å². The number of hydrogen-bond donors (Lipinski definition) is 0. The normalized spacial score (nSPS) is 18.1. The Labute approximate surface area is 154 Å². The number of carbonyl (C=O) groups excluding carboxylic acids is 3. The fourth-order valence-corrected chi connectivity index (χ4v) is 4.03. The number of imide groups is 1. The van der Waals surface area contributed by atoms with Gasteiger partial charge in [0.1, 0.15) is 11.6 Å². The van der Waals surface area contributed by atoms with Crippen LogP contribution in [0, 0.1) is 0 Å². The number of rotatable bonds is 4. The zero-order valence-corrected chi connectivity index (χ0v) is 16.8. The van der Waals surface area contributed by atoms with E-state index in [9.17, 15) is 18.9 Å². The molecule has 142 valence electrons. The van der Waals surface area contributed by atoms with E-state index < -0.39 is 36.6 Å². The second-order valence-electron chi connectivity index (χ2n) is 8.05. The third kappa shape index (κ3) is 5.04. The summed E-state index contributed by atoms with van der Waals surface area (Å²) >= 11 is 0. The molecule has 0 spiro atoms. The van der Waals surface area contributed by atoms with Crippen molar-refractivity contribution in [3.63, 3.8) is 0 Å². The monoisotopic (exact) mass is 379 g/mol. The Hall–Kier alpha value is -1.94. The van der Waals surface area contributed by atoms with Gasteiger partial charge in [0, 0.05) is 18.1 Å². The zero-order valence-electron chi connectivity index (χ0n) is 15.9. The van der Waals surface area contributed by atoms with E-state index in [2.05, 4.69) is 0 Å². The first-order chi connectivity index (χ1) is 11.9. The lowest BCUT2D eigenvalue weighted by molar-refractivity contribution is -0.160. The first-order valence-electron chi connectivity index (χ1n) is 8.60. The largest absolute Gasteiger partial charge is 0.458 e. The van der Waals surface area contributed by atoms with Gasteiger partial charge in [-0.25, -0.2) is 4.79 Å². The molecular formula is C19H26NO5P. The molecule has 1 atom stereocenters. The summed E-state index contributed by atoms with van der Waals surface area (Å²) < 4.78 is 17.6. The van der Waals surface area contributed by atoms with Gasteiger partial charge >= 0.3 is 5.97 Å². The van der Waals surface area contributed by atoms with Gasteiger partial charge in [-0.15, -0.1) is 0 Å². The fraction of sp³-hybridized carbons (Fsp3) is 0.526. The molecule has 7 heteroatoms. The van der Waals surface area contributed by atoms with Gasteiger partial charge in [-0.3, -0.25) is 14.5 Å². The van der Waals surface area contributed by atoms with Crippen LogP contribution in [0.15, 0.2) is 24.3 Å². The number of esters is 1. The standard InChI is InChI=1S/C19H26NO5P/c1-19(2,3)25-18(23)15-10-11-16(21)20(15)17(22)14-9-7-6-8-13(14)12-26(4,5)24/h6-9,15H,10-12H2,1-5H3/t15-/m0/s1. The van der Waals surface area contributed by atoms with Gasteiger partial charge in [-0.05, 0) is 52.2 Å². The Morgan fingerprint density at radius 1 is 1.23 bits per heavy atom. The lowest BCUT2D eigenvalue weighted by Crippen LogP contribution is -2.45. The third-order valence-corrected chi connectivity index (χ3v) is 5.01. The summed E-state index contributed by atoms with van der Waals surface area (Å²) in [4.78, 5) is 38.8. The number of carbonyl (C=O) groups is 3. The summed E-state index contributed by atoms with van der Waals surface area (Å²) in [5.41, 5.74) is 0.223. The molecular weight excluding hydrogens is 353 g/mol. The highest BCUT2D eigenvalue weighted by atomic mass is 31.2. The molecule has 1 aromatic carbocycles. The van der Waals surface area contributed by atoms with Gasteiger partial charge in [0.2, 0.25) is 5.91 Å². The highest BCUT2D eigenvalue weighted by Crippen LogP contribution is 2.41. The fourth-order valence-electron chi connectivity index (χ4n) is 2.94. The van der Waals surface area contributed by atoms with Crippen LogP contribution in [0.4, 0.5) is 0 Å². The molecule has 2 amide bonds. The predicted molar refractivity (Wildman–Crippen MR) is 99.6 cm³/mol. The van der Waals surface area contributed by atoms with Crippen molar-refractivity contribution in [1.29, 1.82) is 0 Å². The smallest absolute Gasteiger partial charge is 0.329 e. The van der Waals surface area contributed by atoms with Crippen molar-refractivity contribution in [2.24, 2.45) is 0 Å². The molecule has 2 rings (SSSR count). The zero-order chi connectivity index (χ0) is 19.7. The second kappa shape index (κ2) is 7.36. The first-order valence-corrected chi connectivity index (χ1v) is 11.4. The Kier molecular flexibility index (Phi) is 5.76. The van der Waals surface area contributed by atoms with Crippen LogP contribution in [0.1, 0.15) is 49.5 Å². The molecule has 1 aliphatic heterocycles. The SMILES string of the molecule is CC(C)(C)OC(=O)[C@@H]1CCC(=O)N1C(=O)c1ccccc1CP(C)(C)=O. The second-order valence-corrected chi connectivity index (χ2v) is 11.5. The number of amides is 2. The number of ether oxygens (including phenoxy) is 1. The van der Waals surface area contributed by atoms with Gasteiger partial charge in [-0.1, -0.05) is 18.2 Å². The number of likely N-dealkylation sites (tertiary alicyclic amines) is 1. The van der Waals surface area contributed by atoms with Crippen molar-refractivity contribution in [3.8, 4) is 0 Å². The molecule has 6 nitrogen and oxygen atoms in total. The quantitative estimate of drug-likeness (QED) is 0.456. The van der Waals surface area contributed by atoms with Gasteiger partial charge in [-0.2, -0.15) is 0 Å². The number of benzene rings is 1. The van der Waals surface area contributed by atoms with Crippen molar-refractivity contribution in [2.75, 3.05) is 13.3 Å². The van der Waals surface area contributed by atoms with Gasteiger partial charge in [0.15, 0.2) is 0 Å². The summed E-state index contributed by atoms with van der Waals surface area (Å²) in [5, 5.41) is 0. The average Bonchev–Trinajstić information content (AvgIpc) is 2.85. The third-order valence-electron chi connectivity index (χ3n) is 3.91. The van der Waals surface area contributed by atoms with E-state index in [0.717, 1.165) is 4.90 Å². The Balaban J connectivity index is 2.34. The molecule has 0 N–H and O–H groups in total. The summed E-state index contributed by atoms with van der Waals surface area (Å²) in [6.45, 7) is 8.52. The van der Waals surface area contributed by atoms with Crippen LogP contribution in [0.25, 0.3) is 0 Å². The van der Waals surface area contributed by atoms with Gasteiger partial charge in [0.05, 0.1) is 7.14 Å². The molecule has 0 bridgehead atoms. The van der Waals surface area contributed by atoms with Crippen LogP contribution in [-0.2, 0) is 25.1 Å². The van der Waals surface area contributed by atoms with Crippen LogP contribution in [0.5, 0.6) is 0 Å². The minimum atomic E-state index is -2.41. The summed E-state index contributed by atoms with van der Waals surface area (Å²) in [5.74, 6) is -1.50. The molecule has 26 heavy (non-hydrogen) atoms. The lowest BCUT2D eigenvalue weighted by Gasteiger charge is -2.27. The van der Waals surface area contributed by atoms with Crippen molar-refractivity contribution >= 4 is 24.9 Å². The van der Waals surface area contributed by atoms with Crippen molar-refractivity contribution < 1.29 is 23.7 Å². The molecule has 0 aromatic heterocycles. The molecule has 1 heterocycles. The van der Waals surface area contributed by atoms with E-state index in [1.54, 1.807) is 58.4 Å². The average molecular weight is 379 g/mol. The van der Waals surface area contributed by atoms with Crippen LogP contribution < -0.4 is 0 Å². The molecule has 1 aliphatic rings. The van der Waals surface area contributed by atoms with Gasteiger partial charge < -0.3 is 9.30 Å². The van der Waals surface area contributed by atoms with E-state index >= 15 is 0 Å². The molecule has 0 aliphatic carbocycles. The highest BCUT2D eigenvalue weighted by molar-refractivity contribution is 7.61. The Morgan fingerprint density at radius 3 is 2.42 bits per heavy atom. The predicted octanol–water partition coefficient (Wildman–Crippen LogP) is 3.28. The number of nitrogens with zero attached hydrogens (tertiary/aromatic N) is 1. The van der Waals surface area contributed by atoms with Crippen molar-refractivity contribution in [3.05, 3.63) is 35.4 Å². The minimum absolute atomic E-state index is 0.123. The molecule has 0 saturated carbocycles. The van der Waals surface area contributed by atoms with E-state index in [0.29, 0.717) is 11.1 Å². The maximum atomic E-state index is 13.1. The summed E-state index contributed by atoms with van der Waals surface area (Å²) in [7, 11) is -2.41.